The number of halogens is 1. The monoisotopic (exact) mass is 391 g/mol. The number of benzene rings is 2. The fraction of sp³-hybridized carbons (Fsp3) is 0.125. The Labute approximate surface area is 135 Å². The van der Waals surface area contributed by atoms with Crippen LogP contribution in [-0.2, 0) is 0 Å². The fourth-order valence-corrected chi connectivity index (χ4v) is 3.04. The maximum Gasteiger partial charge on any atom is 0.267 e. The molecule has 3 rings (SSSR count). The van der Waals surface area contributed by atoms with Crippen molar-refractivity contribution in [2.45, 2.75) is 13.8 Å². The van der Waals surface area contributed by atoms with E-state index in [4.69, 9.17) is 5.73 Å². The third kappa shape index (κ3) is 2.31. The van der Waals surface area contributed by atoms with Crippen LogP contribution in [0.5, 0.6) is 0 Å². The van der Waals surface area contributed by atoms with Crippen molar-refractivity contribution >= 4 is 39.4 Å². The molecule has 0 saturated carbocycles. The molecule has 0 atom stereocenters. The molecule has 0 spiro atoms. The minimum absolute atomic E-state index is 0.131. The van der Waals surface area contributed by atoms with Crippen molar-refractivity contribution in [3.8, 4) is 5.69 Å². The summed E-state index contributed by atoms with van der Waals surface area (Å²) in [5, 5.41) is 0.582. The third-order valence-corrected chi connectivity index (χ3v) is 4.19. The van der Waals surface area contributed by atoms with Crippen molar-refractivity contribution in [1.82, 2.24) is 9.55 Å². The summed E-state index contributed by atoms with van der Waals surface area (Å²) in [6.07, 6.45) is 0. The van der Waals surface area contributed by atoms with Crippen LogP contribution in [-0.4, -0.2) is 9.55 Å². The zero-order chi connectivity index (χ0) is 15.1. The van der Waals surface area contributed by atoms with Crippen LogP contribution in [0.3, 0.4) is 0 Å². The standard InChI is InChI=1S/C16H14IN3O/c1-9-4-3-5-10(2)14(9)20-15(21)12-8-11(17)6-7-13(12)19-16(20)18/h3-8H,1-2H3,(H2,18,19). The summed E-state index contributed by atoms with van der Waals surface area (Å²) >= 11 is 2.19. The lowest BCUT2D eigenvalue weighted by Gasteiger charge is -2.15. The van der Waals surface area contributed by atoms with E-state index >= 15 is 0 Å². The van der Waals surface area contributed by atoms with Crippen molar-refractivity contribution < 1.29 is 0 Å². The lowest BCUT2D eigenvalue weighted by atomic mass is 10.1. The Morgan fingerprint density at radius 2 is 1.81 bits per heavy atom. The molecule has 0 aliphatic heterocycles. The highest BCUT2D eigenvalue weighted by Crippen LogP contribution is 2.21. The van der Waals surface area contributed by atoms with Gasteiger partial charge in [-0.2, -0.15) is 0 Å². The van der Waals surface area contributed by atoms with Crippen LogP contribution in [0.25, 0.3) is 16.6 Å². The number of hydrogen-bond donors (Lipinski definition) is 1. The zero-order valence-corrected chi connectivity index (χ0v) is 13.9. The summed E-state index contributed by atoms with van der Waals surface area (Å²) < 4.78 is 2.50. The summed E-state index contributed by atoms with van der Waals surface area (Å²) in [4.78, 5) is 17.2. The number of nitrogens with zero attached hydrogens (tertiary/aromatic N) is 2. The number of hydrogen-bond acceptors (Lipinski definition) is 3. The SMILES string of the molecule is Cc1cccc(C)c1-n1c(N)nc2ccc(I)cc2c1=O. The van der Waals surface area contributed by atoms with E-state index in [2.05, 4.69) is 27.6 Å². The molecular weight excluding hydrogens is 377 g/mol. The van der Waals surface area contributed by atoms with Gasteiger partial charge in [-0.05, 0) is 65.8 Å². The molecule has 0 bridgehead atoms. The van der Waals surface area contributed by atoms with Gasteiger partial charge >= 0.3 is 0 Å². The van der Waals surface area contributed by atoms with E-state index < -0.39 is 0 Å². The van der Waals surface area contributed by atoms with Crippen molar-refractivity contribution in [2.24, 2.45) is 0 Å². The second-order valence-electron chi connectivity index (χ2n) is 5.01. The van der Waals surface area contributed by atoms with Gasteiger partial charge in [0.2, 0.25) is 5.95 Å². The summed E-state index contributed by atoms with van der Waals surface area (Å²) in [5.74, 6) is 0.214. The van der Waals surface area contributed by atoms with Gasteiger partial charge in [-0.25, -0.2) is 9.55 Å². The first-order chi connectivity index (χ1) is 9.99. The molecule has 5 heteroatoms. The lowest BCUT2D eigenvalue weighted by Crippen LogP contribution is -2.24. The Morgan fingerprint density at radius 1 is 1.14 bits per heavy atom. The molecule has 21 heavy (non-hydrogen) atoms. The topological polar surface area (TPSA) is 60.9 Å². The minimum atomic E-state index is -0.131. The lowest BCUT2D eigenvalue weighted by molar-refractivity contribution is 0.959. The number of aromatic nitrogens is 2. The van der Waals surface area contributed by atoms with Crippen LogP contribution in [0.1, 0.15) is 11.1 Å². The number of nitrogen functional groups attached to an aromatic ring is 1. The van der Waals surface area contributed by atoms with E-state index in [1.807, 2.05) is 50.2 Å². The summed E-state index contributed by atoms with van der Waals surface area (Å²) in [5.41, 5.74) is 9.34. The van der Waals surface area contributed by atoms with E-state index in [0.29, 0.717) is 10.9 Å². The van der Waals surface area contributed by atoms with Gasteiger partial charge in [-0.1, -0.05) is 18.2 Å². The average Bonchev–Trinajstić information content (AvgIpc) is 2.43. The van der Waals surface area contributed by atoms with E-state index in [1.165, 1.54) is 4.57 Å². The van der Waals surface area contributed by atoms with Crippen LogP contribution in [0, 0.1) is 17.4 Å². The van der Waals surface area contributed by atoms with E-state index in [0.717, 1.165) is 20.4 Å². The molecule has 3 aromatic rings. The van der Waals surface area contributed by atoms with Crippen LogP contribution in [0.2, 0.25) is 0 Å². The van der Waals surface area contributed by atoms with Crippen molar-refractivity contribution in [3.05, 3.63) is 61.4 Å². The van der Waals surface area contributed by atoms with Crippen LogP contribution >= 0.6 is 22.6 Å². The minimum Gasteiger partial charge on any atom is -0.369 e. The first kappa shape index (κ1) is 14.1. The maximum absolute atomic E-state index is 12.8. The van der Waals surface area contributed by atoms with Gasteiger partial charge in [-0.15, -0.1) is 0 Å². The Bertz CT molecular complexity index is 895. The van der Waals surface area contributed by atoms with Gasteiger partial charge in [-0.3, -0.25) is 4.79 Å². The van der Waals surface area contributed by atoms with Gasteiger partial charge < -0.3 is 5.73 Å². The molecule has 106 valence electrons. The molecule has 0 unspecified atom stereocenters. The van der Waals surface area contributed by atoms with E-state index in [-0.39, 0.29) is 11.5 Å². The molecule has 2 aromatic carbocycles. The molecule has 2 N–H and O–H groups in total. The predicted molar refractivity (Wildman–Crippen MR) is 93.9 cm³/mol. The van der Waals surface area contributed by atoms with Crippen molar-refractivity contribution in [1.29, 1.82) is 0 Å². The molecule has 0 aliphatic carbocycles. The van der Waals surface area contributed by atoms with Crippen molar-refractivity contribution in [2.75, 3.05) is 5.73 Å². The van der Waals surface area contributed by atoms with Crippen LogP contribution in [0.15, 0.2) is 41.2 Å². The number of fused-ring (bicyclic) bond motifs is 1. The van der Waals surface area contributed by atoms with Crippen LogP contribution in [0.4, 0.5) is 5.95 Å². The normalized spacial score (nSPS) is 11.0. The van der Waals surface area contributed by atoms with Gasteiger partial charge in [0.1, 0.15) is 0 Å². The molecule has 4 nitrogen and oxygen atoms in total. The fourth-order valence-electron chi connectivity index (χ4n) is 2.55. The largest absolute Gasteiger partial charge is 0.369 e. The smallest absolute Gasteiger partial charge is 0.267 e. The molecule has 0 aliphatic rings. The van der Waals surface area contributed by atoms with E-state index in [9.17, 15) is 4.79 Å². The number of rotatable bonds is 1. The summed E-state index contributed by atoms with van der Waals surface area (Å²) in [6.45, 7) is 3.93. The second kappa shape index (κ2) is 5.14. The van der Waals surface area contributed by atoms with Gasteiger partial charge in [0.25, 0.3) is 5.56 Å². The molecule has 1 heterocycles. The predicted octanol–water partition coefficient (Wildman–Crippen LogP) is 3.19. The first-order valence-electron chi connectivity index (χ1n) is 6.53. The molecule has 1 aromatic heterocycles. The van der Waals surface area contributed by atoms with Gasteiger partial charge in [0.05, 0.1) is 16.6 Å². The Morgan fingerprint density at radius 3 is 2.48 bits per heavy atom. The van der Waals surface area contributed by atoms with Gasteiger partial charge in [0.15, 0.2) is 0 Å². The molecular formula is C16H14IN3O. The van der Waals surface area contributed by atoms with E-state index in [1.54, 1.807) is 0 Å². The summed E-state index contributed by atoms with van der Waals surface area (Å²) in [7, 11) is 0. The number of aryl methyl sites for hydroxylation is 2. The third-order valence-electron chi connectivity index (χ3n) is 3.52. The average molecular weight is 391 g/mol. The van der Waals surface area contributed by atoms with Crippen molar-refractivity contribution in [3.63, 3.8) is 0 Å². The molecule has 0 radical (unpaired) electrons. The Hall–Kier alpha value is -1.89. The maximum atomic E-state index is 12.8. The van der Waals surface area contributed by atoms with Crippen LogP contribution < -0.4 is 11.3 Å². The molecule has 0 saturated heterocycles. The number of nitrogens with two attached hydrogens (primary N) is 1. The Balaban J connectivity index is 2.46. The molecule has 0 fully saturated rings. The second-order valence-corrected chi connectivity index (χ2v) is 6.26. The summed E-state index contributed by atoms with van der Waals surface area (Å²) in [6, 6.07) is 11.5. The number of para-hydroxylation sites is 1. The highest BCUT2D eigenvalue weighted by molar-refractivity contribution is 14.1. The quantitative estimate of drug-likeness (QED) is 0.649. The zero-order valence-electron chi connectivity index (χ0n) is 11.7. The van der Waals surface area contributed by atoms with Gasteiger partial charge in [0, 0.05) is 3.57 Å². The Kier molecular flexibility index (Phi) is 3.44. The molecule has 0 amide bonds. The highest BCUT2D eigenvalue weighted by Gasteiger charge is 2.14. The number of anilines is 1. The first-order valence-corrected chi connectivity index (χ1v) is 7.61. The highest BCUT2D eigenvalue weighted by atomic mass is 127.